The molecule has 0 unspecified atom stereocenters. The molecule has 0 spiro atoms. The van der Waals surface area contributed by atoms with Gasteiger partial charge in [0.1, 0.15) is 6.07 Å². The van der Waals surface area contributed by atoms with Crippen molar-refractivity contribution in [3.05, 3.63) is 65.3 Å². The highest BCUT2D eigenvalue weighted by molar-refractivity contribution is 6.53. The molecule has 0 saturated carbocycles. The van der Waals surface area contributed by atoms with Crippen LogP contribution >= 0.6 is 11.6 Å². The fraction of sp³-hybridized carbons (Fsp3) is 0.0556. The SMILES string of the molecule is Cn1cc(C(=O)/C(C#N)=N/Nc2ccccc2Cl)c2ccccc21. The van der Waals surface area contributed by atoms with E-state index in [0.717, 1.165) is 10.9 Å². The smallest absolute Gasteiger partial charge is 0.226 e. The average Bonchev–Trinajstić information content (AvgIpc) is 2.94. The van der Waals surface area contributed by atoms with Crippen LogP contribution in [0.1, 0.15) is 10.4 Å². The van der Waals surface area contributed by atoms with E-state index in [0.29, 0.717) is 16.3 Å². The highest BCUT2D eigenvalue weighted by Gasteiger charge is 2.19. The average molecular weight is 337 g/mol. The first-order valence-corrected chi connectivity index (χ1v) is 7.56. The van der Waals surface area contributed by atoms with Crippen molar-refractivity contribution in [1.29, 1.82) is 5.26 Å². The molecule has 0 aliphatic carbocycles. The lowest BCUT2D eigenvalue weighted by Crippen LogP contribution is -2.14. The molecule has 1 aromatic heterocycles. The maximum absolute atomic E-state index is 12.7. The van der Waals surface area contributed by atoms with E-state index in [2.05, 4.69) is 10.5 Å². The third-order valence-electron chi connectivity index (χ3n) is 3.62. The van der Waals surface area contributed by atoms with E-state index in [1.165, 1.54) is 0 Å². The van der Waals surface area contributed by atoms with E-state index in [4.69, 9.17) is 11.6 Å². The maximum Gasteiger partial charge on any atom is 0.226 e. The molecule has 1 heterocycles. The monoisotopic (exact) mass is 336 g/mol. The van der Waals surface area contributed by atoms with Crippen molar-refractivity contribution in [2.24, 2.45) is 12.1 Å². The summed E-state index contributed by atoms with van der Waals surface area (Å²) in [6.45, 7) is 0. The second-order valence-electron chi connectivity index (χ2n) is 5.16. The maximum atomic E-state index is 12.7. The van der Waals surface area contributed by atoms with Gasteiger partial charge in [0, 0.05) is 24.1 Å². The van der Waals surface area contributed by atoms with Crippen LogP contribution < -0.4 is 5.43 Å². The van der Waals surface area contributed by atoms with Crippen molar-refractivity contribution < 1.29 is 4.79 Å². The third-order valence-corrected chi connectivity index (χ3v) is 3.95. The van der Waals surface area contributed by atoms with Gasteiger partial charge < -0.3 is 4.57 Å². The highest BCUT2D eigenvalue weighted by Crippen LogP contribution is 2.22. The molecule has 2 aromatic carbocycles. The van der Waals surface area contributed by atoms with Gasteiger partial charge in [0.05, 0.1) is 16.3 Å². The fourth-order valence-electron chi connectivity index (χ4n) is 2.44. The van der Waals surface area contributed by atoms with Crippen LogP contribution in [0.3, 0.4) is 0 Å². The number of carbonyl (C=O) groups is 1. The minimum atomic E-state index is -0.436. The number of para-hydroxylation sites is 2. The molecule has 0 fully saturated rings. The van der Waals surface area contributed by atoms with Crippen LogP contribution in [0.5, 0.6) is 0 Å². The summed E-state index contributed by atoms with van der Waals surface area (Å²) in [5, 5.41) is 14.5. The summed E-state index contributed by atoms with van der Waals surface area (Å²) >= 11 is 6.03. The Morgan fingerprint density at radius 3 is 2.67 bits per heavy atom. The molecule has 118 valence electrons. The van der Waals surface area contributed by atoms with Gasteiger partial charge in [0.25, 0.3) is 0 Å². The Morgan fingerprint density at radius 1 is 1.21 bits per heavy atom. The van der Waals surface area contributed by atoms with Gasteiger partial charge in [-0.05, 0) is 18.2 Å². The number of anilines is 1. The summed E-state index contributed by atoms with van der Waals surface area (Å²) in [4.78, 5) is 12.7. The van der Waals surface area contributed by atoms with E-state index < -0.39 is 5.78 Å². The van der Waals surface area contributed by atoms with E-state index in [1.807, 2.05) is 41.9 Å². The van der Waals surface area contributed by atoms with Gasteiger partial charge in [-0.3, -0.25) is 10.2 Å². The van der Waals surface area contributed by atoms with Crippen LogP contribution in [0, 0.1) is 11.3 Å². The number of rotatable bonds is 4. The topological polar surface area (TPSA) is 70.2 Å². The zero-order chi connectivity index (χ0) is 17.1. The molecule has 24 heavy (non-hydrogen) atoms. The second kappa shape index (κ2) is 6.57. The van der Waals surface area contributed by atoms with Crippen molar-refractivity contribution in [2.45, 2.75) is 0 Å². The summed E-state index contributed by atoms with van der Waals surface area (Å²) in [6.07, 6.45) is 1.70. The molecule has 0 atom stereocenters. The van der Waals surface area contributed by atoms with Crippen LogP contribution in [-0.2, 0) is 7.05 Å². The quantitative estimate of drug-likeness (QED) is 0.444. The van der Waals surface area contributed by atoms with Crippen LogP contribution in [0.2, 0.25) is 5.02 Å². The summed E-state index contributed by atoms with van der Waals surface area (Å²) < 4.78 is 1.85. The van der Waals surface area contributed by atoms with E-state index >= 15 is 0 Å². The van der Waals surface area contributed by atoms with Crippen molar-refractivity contribution in [2.75, 3.05) is 5.43 Å². The number of benzene rings is 2. The number of carbonyl (C=O) groups excluding carboxylic acids is 1. The van der Waals surface area contributed by atoms with Gasteiger partial charge >= 0.3 is 0 Å². The summed E-state index contributed by atoms with van der Waals surface area (Å²) in [7, 11) is 1.85. The lowest BCUT2D eigenvalue weighted by atomic mass is 10.1. The predicted octanol–water partition coefficient (Wildman–Crippen LogP) is 4.01. The van der Waals surface area contributed by atoms with Crippen molar-refractivity contribution in [3.8, 4) is 6.07 Å². The lowest BCUT2D eigenvalue weighted by Gasteiger charge is -2.03. The number of Topliss-reactive ketones (excluding diaryl/α,β-unsaturated/α-hetero) is 1. The molecule has 3 aromatic rings. The Morgan fingerprint density at radius 2 is 1.92 bits per heavy atom. The molecule has 5 nitrogen and oxygen atoms in total. The Hall–Kier alpha value is -3.10. The standard InChI is InChI=1S/C18H13ClN4O/c1-23-11-13(12-6-2-5-9-17(12)23)18(24)16(10-20)22-21-15-8-4-3-7-14(15)19/h2-9,11,21H,1H3/b22-16+. The number of halogens is 1. The number of fused-ring (bicyclic) bond motifs is 1. The number of nitriles is 1. The van der Waals surface area contributed by atoms with Gasteiger partial charge in [0.15, 0.2) is 0 Å². The van der Waals surface area contributed by atoms with Crippen molar-refractivity contribution >= 4 is 39.7 Å². The molecule has 0 aliphatic rings. The number of ketones is 1. The number of hydrogen-bond acceptors (Lipinski definition) is 4. The Labute approximate surface area is 143 Å². The van der Waals surface area contributed by atoms with Crippen molar-refractivity contribution in [1.82, 2.24) is 4.57 Å². The normalized spacial score (nSPS) is 11.3. The third kappa shape index (κ3) is 2.87. The summed E-state index contributed by atoms with van der Waals surface area (Å²) in [5.74, 6) is -0.436. The Bertz CT molecular complexity index is 998. The van der Waals surface area contributed by atoms with Gasteiger partial charge in [-0.1, -0.05) is 41.9 Å². The minimum Gasteiger partial charge on any atom is -0.350 e. The van der Waals surface area contributed by atoms with E-state index in [9.17, 15) is 10.1 Å². The number of nitrogens with one attached hydrogen (secondary N) is 1. The number of hydrazone groups is 1. The first-order chi connectivity index (χ1) is 11.6. The number of hydrogen-bond donors (Lipinski definition) is 1. The van der Waals surface area contributed by atoms with Gasteiger partial charge in [-0.2, -0.15) is 10.4 Å². The molecular weight excluding hydrogens is 324 g/mol. The summed E-state index contributed by atoms with van der Waals surface area (Å²) in [5.41, 5.74) is 4.32. The van der Waals surface area contributed by atoms with Gasteiger partial charge in [-0.25, -0.2) is 0 Å². The molecule has 0 amide bonds. The lowest BCUT2D eigenvalue weighted by molar-refractivity contribution is 0.106. The molecule has 0 aliphatic heterocycles. The molecule has 1 N–H and O–H groups in total. The fourth-order valence-corrected chi connectivity index (χ4v) is 2.62. The van der Waals surface area contributed by atoms with Crippen LogP contribution in [0.15, 0.2) is 59.8 Å². The van der Waals surface area contributed by atoms with Crippen LogP contribution in [-0.4, -0.2) is 16.1 Å². The molecule has 0 bridgehead atoms. The second-order valence-corrected chi connectivity index (χ2v) is 5.57. The Balaban J connectivity index is 1.96. The van der Waals surface area contributed by atoms with Gasteiger partial charge in [-0.15, -0.1) is 0 Å². The van der Waals surface area contributed by atoms with E-state index in [-0.39, 0.29) is 5.71 Å². The zero-order valence-electron chi connectivity index (χ0n) is 12.8. The number of aromatic nitrogens is 1. The van der Waals surface area contributed by atoms with E-state index in [1.54, 1.807) is 30.5 Å². The molecule has 0 radical (unpaired) electrons. The molecule has 6 heteroatoms. The molecule has 0 saturated heterocycles. The predicted molar refractivity (Wildman–Crippen MR) is 95.4 cm³/mol. The summed E-state index contributed by atoms with van der Waals surface area (Å²) in [6, 6.07) is 16.3. The number of nitrogens with zero attached hydrogens (tertiary/aromatic N) is 3. The molecular formula is C18H13ClN4O. The molecule has 3 rings (SSSR count). The first-order valence-electron chi connectivity index (χ1n) is 7.19. The first kappa shape index (κ1) is 15.8. The Kier molecular flexibility index (Phi) is 4.32. The zero-order valence-corrected chi connectivity index (χ0v) is 13.6. The number of aryl methyl sites for hydroxylation is 1. The van der Waals surface area contributed by atoms with Crippen LogP contribution in [0.25, 0.3) is 10.9 Å². The van der Waals surface area contributed by atoms with Crippen molar-refractivity contribution in [3.63, 3.8) is 0 Å². The van der Waals surface area contributed by atoms with Crippen LogP contribution in [0.4, 0.5) is 5.69 Å². The minimum absolute atomic E-state index is 0.230. The highest BCUT2D eigenvalue weighted by atomic mass is 35.5. The largest absolute Gasteiger partial charge is 0.350 e. The van der Waals surface area contributed by atoms with Gasteiger partial charge in [0.2, 0.25) is 11.5 Å².